The quantitative estimate of drug-likeness (QED) is 0.573. The first-order valence-corrected chi connectivity index (χ1v) is 12.5. The standard InChI is InChI=1S/C28H42O3/c1-16(2)17(3)7-8-18(4)21-9-10-22-25-23(30)14-19-13-20(29)11-12-27(19,5)26(25)24(31)15-28(21,22)6/h7-8,14,16-18,20-22,24,29,31H,9-13,15H2,1-6H3/b8-7+/t17-,18+,20-,21+,22-,24+,27-,28+/m0/s1. The van der Waals surface area contributed by atoms with E-state index in [1.807, 2.05) is 6.08 Å². The second kappa shape index (κ2) is 7.99. The zero-order valence-electron chi connectivity index (χ0n) is 20.3. The van der Waals surface area contributed by atoms with E-state index >= 15 is 0 Å². The maximum Gasteiger partial charge on any atom is 0.182 e. The molecule has 3 heteroatoms. The summed E-state index contributed by atoms with van der Waals surface area (Å²) in [6.07, 6.45) is 10.7. The van der Waals surface area contributed by atoms with Crippen LogP contribution >= 0.6 is 0 Å². The van der Waals surface area contributed by atoms with Gasteiger partial charge in [-0.2, -0.15) is 0 Å². The summed E-state index contributed by atoms with van der Waals surface area (Å²) in [6.45, 7) is 13.7. The lowest BCUT2D eigenvalue weighted by Gasteiger charge is -2.53. The summed E-state index contributed by atoms with van der Waals surface area (Å²) in [6, 6.07) is 0. The Kier molecular flexibility index (Phi) is 5.92. The van der Waals surface area contributed by atoms with E-state index in [4.69, 9.17) is 0 Å². The summed E-state index contributed by atoms with van der Waals surface area (Å²) in [7, 11) is 0. The fourth-order valence-corrected chi connectivity index (χ4v) is 7.42. The Labute approximate surface area is 188 Å². The molecule has 0 aliphatic heterocycles. The van der Waals surface area contributed by atoms with E-state index in [0.717, 1.165) is 48.8 Å². The van der Waals surface area contributed by atoms with Crippen molar-refractivity contribution in [2.75, 3.05) is 0 Å². The molecule has 31 heavy (non-hydrogen) atoms. The molecule has 0 bridgehead atoms. The van der Waals surface area contributed by atoms with E-state index < -0.39 is 6.10 Å². The van der Waals surface area contributed by atoms with Crippen molar-refractivity contribution in [3.8, 4) is 0 Å². The van der Waals surface area contributed by atoms with Gasteiger partial charge in [0.05, 0.1) is 12.2 Å². The normalized spacial score (nSPS) is 42.4. The van der Waals surface area contributed by atoms with Crippen LogP contribution in [0.2, 0.25) is 0 Å². The molecule has 4 aliphatic rings. The Morgan fingerprint density at radius 1 is 1.06 bits per heavy atom. The van der Waals surface area contributed by atoms with Gasteiger partial charge in [0.15, 0.2) is 5.78 Å². The average molecular weight is 427 g/mol. The number of carbonyl (C=O) groups excluding carboxylic acids is 1. The van der Waals surface area contributed by atoms with Crippen molar-refractivity contribution in [2.45, 2.75) is 92.3 Å². The largest absolute Gasteiger partial charge is 0.393 e. The van der Waals surface area contributed by atoms with Crippen molar-refractivity contribution in [3.63, 3.8) is 0 Å². The SMILES string of the molecule is CC(C)[C@@H](C)/C=C/[C@@H](C)[C@H]1CC[C@H]2C3=C([C@H](O)C[C@]12C)[C@@]1(C)CC[C@H](O)CC1=CC3=O. The molecule has 0 spiro atoms. The van der Waals surface area contributed by atoms with Crippen molar-refractivity contribution in [3.05, 3.63) is 34.9 Å². The van der Waals surface area contributed by atoms with Gasteiger partial charge in [0, 0.05) is 11.0 Å². The van der Waals surface area contributed by atoms with E-state index in [2.05, 4.69) is 53.7 Å². The van der Waals surface area contributed by atoms with Crippen LogP contribution in [0.5, 0.6) is 0 Å². The molecule has 0 aromatic rings. The first kappa shape index (κ1) is 23.0. The first-order valence-electron chi connectivity index (χ1n) is 12.5. The minimum atomic E-state index is -0.560. The molecule has 0 unspecified atom stereocenters. The third-order valence-corrected chi connectivity index (χ3v) is 9.73. The van der Waals surface area contributed by atoms with Crippen LogP contribution in [0.4, 0.5) is 0 Å². The summed E-state index contributed by atoms with van der Waals surface area (Å²) in [5.74, 6) is 2.46. The minimum absolute atomic E-state index is 0.0470. The maximum absolute atomic E-state index is 13.4. The molecule has 0 amide bonds. The van der Waals surface area contributed by atoms with E-state index in [1.165, 1.54) is 0 Å². The van der Waals surface area contributed by atoms with Gasteiger partial charge in [-0.05, 0) is 85.2 Å². The molecule has 172 valence electrons. The lowest BCUT2D eigenvalue weighted by Crippen LogP contribution is -2.49. The fraction of sp³-hybridized carbons (Fsp3) is 0.750. The van der Waals surface area contributed by atoms with Gasteiger partial charge in [-0.1, -0.05) is 59.3 Å². The Morgan fingerprint density at radius 2 is 1.77 bits per heavy atom. The topological polar surface area (TPSA) is 57.5 Å². The third-order valence-electron chi connectivity index (χ3n) is 9.73. The van der Waals surface area contributed by atoms with Crippen LogP contribution in [0, 0.1) is 40.4 Å². The van der Waals surface area contributed by atoms with Gasteiger partial charge in [-0.15, -0.1) is 0 Å². The number of carbonyl (C=O) groups is 1. The van der Waals surface area contributed by atoms with Crippen LogP contribution in [-0.4, -0.2) is 28.2 Å². The van der Waals surface area contributed by atoms with Crippen molar-refractivity contribution in [1.29, 1.82) is 0 Å². The molecule has 2 saturated carbocycles. The number of ketones is 1. The van der Waals surface area contributed by atoms with Crippen LogP contribution in [0.15, 0.2) is 34.9 Å². The molecule has 0 saturated heterocycles. The predicted molar refractivity (Wildman–Crippen MR) is 125 cm³/mol. The molecule has 0 radical (unpaired) electrons. The van der Waals surface area contributed by atoms with Gasteiger partial charge in [-0.25, -0.2) is 0 Å². The van der Waals surface area contributed by atoms with Gasteiger partial charge in [-0.3, -0.25) is 4.79 Å². The number of hydrogen-bond donors (Lipinski definition) is 2. The Hall–Kier alpha value is -1.19. The van der Waals surface area contributed by atoms with Crippen molar-refractivity contribution >= 4 is 5.78 Å². The van der Waals surface area contributed by atoms with Crippen molar-refractivity contribution < 1.29 is 15.0 Å². The lowest BCUT2D eigenvalue weighted by atomic mass is 9.52. The van der Waals surface area contributed by atoms with E-state index in [9.17, 15) is 15.0 Å². The number of allylic oxidation sites excluding steroid dienone is 4. The van der Waals surface area contributed by atoms with Gasteiger partial charge in [0.1, 0.15) is 0 Å². The predicted octanol–water partition coefficient (Wildman–Crippen LogP) is 5.62. The highest BCUT2D eigenvalue weighted by Gasteiger charge is 2.58. The Balaban J connectivity index is 1.67. The molecular formula is C28H42O3. The Morgan fingerprint density at radius 3 is 2.45 bits per heavy atom. The Bertz CT molecular complexity index is 833. The number of aliphatic hydroxyl groups excluding tert-OH is 2. The summed E-state index contributed by atoms with van der Waals surface area (Å²) in [4.78, 5) is 13.4. The zero-order chi connectivity index (χ0) is 22.7. The first-order chi connectivity index (χ1) is 14.5. The van der Waals surface area contributed by atoms with E-state index in [1.54, 1.807) is 0 Å². The zero-order valence-corrected chi connectivity index (χ0v) is 20.3. The molecule has 4 rings (SSSR count). The molecule has 0 aromatic carbocycles. The summed E-state index contributed by atoms with van der Waals surface area (Å²) < 4.78 is 0. The number of rotatable bonds is 4. The van der Waals surface area contributed by atoms with E-state index in [0.29, 0.717) is 30.1 Å². The van der Waals surface area contributed by atoms with Crippen LogP contribution in [0.3, 0.4) is 0 Å². The van der Waals surface area contributed by atoms with Gasteiger partial charge < -0.3 is 10.2 Å². The van der Waals surface area contributed by atoms with Crippen molar-refractivity contribution in [2.24, 2.45) is 40.4 Å². The van der Waals surface area contributed by atoms with Gasteiger partial charge in [0.25, 0.3) is 0 Å². The van der Waals surface area contributed by atoms with Crippen LogP contribution in [0.1, 0.15) is 80.1 Å². The highest BCUT2D eigenvalue weighted by atomic mass is 16.3. The minimum Gasteiger partial charge on any atom is -0.393 e. The molecule has 2 N–H and O–H groups in total. The highest BCUT2D eigenvalue weighted by Crippen LogP contribution is 2.64. The second-order valence-electron chi connectivity index (χ2n) is 11.9. The summed E-state index contributed by atoms with van der Waals surface area (Å²) in [5, 5.41) is 21.7. The number of aliphatic hydroxyl groups is 2. The highest BCUT2D eigenvalue weighted by molar-refractivity contribution is 6.07. The molecule has 3 nitrogen and oxygen atoms in total. The lowest BCUT2D eigenvalue weighted by molar-refractivity contribution is -0.113. The molecule has 8 atom stereocenters. The van der Waals surface area contributed by atoms with Gasteiger partial charge >= 0.3 is 0 Å². The molecular weight excluding hydrogens is 384 g/mol. The summed E-state index contributed by atoms with van der Waals surface area (Å²) >= 11 is 0. The molecule has 2 fully saturated rings. The van der Waals surface area contributed by atoms with E-state index in [-0.39, 0.29) is 28.6 Å². The summed E-state index contributed by atoms with van der Waals surface area (Å²) in [5.41, 5.74) is 2.65. The number of fused-ring (bicyclic) bond motifs is 4. The fourth-order valence-electron chi connectivity index (χ4n) is 7.42. The van der Waals surface area contributed by atoms with Crippen LogP contribution in [0.25, 0.3) is 0 Å². The van der Waals surface area contributed by atoms with Crippen LogP contribution in [-0.2, 0) is 4.79 Å². The van der Waals surface area contributed by atoms with Crippen molar-refractivity contribution in [1.82, 2.24) is 0 Å². The monoisotopic (exact) mass is 426 g/mol. The maximum atomic E-state index is 13.4. The molecule has 0 heterocycles. The third kappa shape index (κ3) is 3.60. The van der Waals surface area contributed by atoms with Crippen LogP contribution < -0.4 is 0 Å². The molecule has 0 aromatic heterocycles. The average Bonchev–Trinajstić information content (AvgIpc) is 3.03. The van der Waals surface area contributed by atoms with Gasteiger partial charge in [0.2, 0.25) is 0 Å². The second-order valence-corrected chi connectivity index (χ2v) is 11.9. The number of hydrogen-bond acceptors (Lipinski definition) is 3. The smallest absolute Gasteiger partial charge is 0.182 e. The molecule has 4 aliphatic carbocycles.